The third-order valence-corrected chi connectivity index (χ3v) is 10.1. The summed E-state index contributed by atoms with van der Waals surface area (Å²) < 4.78 is 0. The molecular weight excluding hydrogens is 1030 g/mol. The molecule has 0 aromatic carbocycles. The summed E-state index contributed by atoms with van der Waals surface area (Å²) in [5.41, 5.74) is -1.34. The van der Waals surface area contributed by atoms with Crippen molar-refractivity contribution < 1.29 is 100 Å². The number of hydrogen-bond donors (Lipinski definition) is 6. The Bertz CT molecular complexity index is 650. The van der Waals surface area contributed by atoms with E-state index in [0.29, 0.717) is 12.8 Å². The van der Waals surface area contributed by atoms with Crippen molar-refractivity contribution in [3.8, 4) is 0 Å². The second-order valence-electron chi connectivity index (χ2n) is 15.1. The standard InChI is InChI=1S/2C20H42O3.4CH2O.2O3P.W/c2*1-2-3-4-5-6-7-8-9-10-11-12-13-14-15-16-20(17-21,18-22)19-23;4*1-2;2*1-4(2)3;/h2*21-23H,2-19H2,1H3;4*1H2;;;/q;;;;;;2*-3;. The molecule has 0 saturated carbocycles. The first-order chi connectivity index (χ1) is 29.9. The van der Waals surface area contributed by atoms with Crippen LogP contribution in [0.3, 0.4) is 0 Å². The summed E-state index contributed by atoms with van der Waals surface area (Å²) in [6.45, 7) is 11.8. The maximum atomic E-state index is 9.26. The van der Waals surface area contributed by atoms with Crippen molar-refractivity contribution in [1.29, 1.82) is 0 Å². The number of hydrogen-bond acceptors (Lipinski definition) is 16. The third-order valence-electron chi connectivity index (χ3n) is 10.1. The van der Waals surface area contributed by atoms with E-state index < -0.39 is 28.0 Å². The van der Waals surface area contributed by atoms with Crippen molar-refractivity contribution in [2.24, 2.45) is 10.8 Å². The van der Waals surface area contributed by atoms with Gasteiger partial charge in [-0.2, -0.15) is 0 Å². The molecule has 63 heavy (non-hydrogen) atoms. The van der Waals surface area contributed by atoms with Crippen LogP contribution < -0.4 is 29.4 Å². The van der Waals surface area contributed by atoms with Gasteiger partial charge in [-0.3, -0.25) is 0 Å². The molecule has 386 valence electrons. The average Bonchev–Trinajstić information content (AvgIpc) is 3.29. The normalized spacial score (nSPS) is 10.2. The van der Waals surface area contributed by atoms with Gasteiger partial charge >= 0.3 is 0 Å². The Morgan fingerprint density at radius 3 is 0.524 bits per heavy atom. The smallest absolute Gasteiger partial charge is 0.106 e. The molecule has 0 rings (SSSR count). The van der Waals surface area contributed by atoms with Crippen molar-refractivity contribution >= 4 is 44.4 Å². The van der Waals surface area contributed by atoms with Gasteiger partial charge in [-0.05, 0) is 12.8 Å². The van der Waals surface area contributed by atoms with Gasteiger partial charge in [0.05, 0.1) is 39.6 Å². The molecule has 0 radical (unpaired) electrons. The van der Waals surface area contributed by atoms with Crippen molar-refractivity contribution in [2.75, 3.05) is 39.6 Å². The molecule has 0 aromatic rings. The molecule has 0 fully saturated rings. The molecule has 0 bridgehead atoms. The number of rotatable bonds is 36. The zero-order chi connectivity index (χ0) is 49.6. The molecule has 0 heterocycles. The Morgan fingerprint density at radius 1 is 0.302 bits per heavy atom. The van der Waals surface area contributed by atoms with Crippen LogP contribution in [0.25, 0.3) is 0 Å². The average molecular weight is 1120 g/mol. The van der Waals surface area contributed by atoms with Gasteiger partial charge < -0.3 is 96.4 Å². The van der Waals surface area contributed by atoms with Crippen LogP contribution in [0.1, 0.15) is 206 Å². The van der Waals surface area contributed by atoms with Crippen LogP contribution in [0.2, 0.25) is 0 Å². The Balaban J connectivity index is -0.0000000978. The molecule has 0 saturated heterocycles. The summed E-state index contributed by atoms with van der Waals surface area (Å²) in [6.07, 6.45) is 38.5. The summed E-state index contributed by atoms with van der Waals surface area (Å²) in [5.74, 6) is 0. The van der Waals surface area contributed by atoms with Crippen molar-refractivity contribution in [2.45, 2.75) is 206 Å². The molecule has 0 aliphatic heterocycles. The van der Waals surface area contributed by atoms with Gasteiger partial charge in [0.25, 0.3) is 0 Å². The molecule has 0 atom stereocenters. The second kappa shape index (κ2) is 78.9. The molecule has 19 heteroatoms. The molecule has 0 unspecified atom stereocenters. The Hall–Kier alpha value is -0.252. The van der Waals surface area contributed by atoms with E-state index in [0.717, 1.165) is 25.7 Å². The van der Waals surface area contributed by atoms with Crippen LogP contribution in [-0.2, 0) is 40.2 Å². The molecule has 0 aromatic heterocycles. The zero-order valence-corrected chi connectivity index (χ0v) is 44.1. The first kappa shape index (κ1) is 82.8. The summed E-state index contributed by atoms with van der Waals surface area (Å²) in [6, 6.07) is 0. The van der Waals surface area contributed by atoms with Gasteiger partial charge in [0.15, 0.2) is 0 Å². The summed E-state index contributed by atoms with van der Waals surface area (Å²) in [5, 5.41) is 55.6. The topological polar surface area (TPSA) is 328 Å². The van der Waals surface area contributed by atoms with E-state index in [1.54, 1.807) is 0 Å². The molecule has 0 amide bonds. The summed E-state index contributed by atoms with van der Waals surface area (Å²) in [4.78, 5) is 82.9. The molecule has 6 N–H and O–H groups in total. The van der Waals surface area contributed by atoms with Gasteiger partial charge in [0.2, 0.25) is 0 Å². The van der Waals surface area contributed by atoms with E-state index >= 15 is 0 Å². The number of carbonyl (C=O) groups excluding carboxylic acids is 4. The van der Waals surface area contributed by atoms with Gasteiger partial charge in [-0.15, -0.1) is 0 Å². The SMILES string of the molecule is C=O.C=O.C=O.C=O.CCCCCCCCCCCCCCCCC(CO)(CO)CO.CCCCCCCCCCCCCCCCC(CO)(CO)CO.[O-]P([O-])[O-].[O-]P([O-])[O-].[W]. The van der Waals surface area contributed by atoms with Gasteiger partial charge in [-0.1, -0.05) is 194 Å². The number of aliphatic hydroxyl groups excluding tert-OH is 6. The van der Waals surface area contributed by atoms with Crippen LogP contribution in [-0.4, -0.2) is 97.4 Å². The first-order valence-electron chi connectivity index (χ1n) is 22.4. The van der Waals surface area contributed by atoms with Gasteiger partial charge in [-0.25, -0.2) is 0 Å². The predicted molar refractivity (Wildman–Crippen MR) is 240 cm³/mol. The van der Waals surface area contributed by atoms with Crippen LogP contribution in [0.15, 0.2) is 0 Å². The van der Waals surface area contributed by atoms with Crippen LogP contribution in [0.5, 0.6) is 0 Å². The van der Waals surface area contributed by atoms with Crippen molar-refractivity contribution in [3.63, 3.8) is 0 Å². The largest absolute Gasteiger partial charge is 0.854 e. The minimum Gasteiger partial charge on any atom is -0.854 e. The third kappa shape index (κ3) is 82.3. The second-order valence-corrected chi connectivity index (χ2v) is 16.0. The minimum absolute atomic E-state index is 0. The van der Waals surface area contributed by atoms with E-state index in [9.17, 15) is 30.6 Å². The van der Waals surface area contributed by atoms with Crippen molar-refractivity contribution in [1.82, 2.24) is 0 Å². The fourth-order valence-corrected chi connectivity index (χ4v) is 6.16. The van der Waals surface area contributed by atoms with Gasteiger partial charge in [0.1, 0.15) is 27.2 Å². The fraction of sp³-hybridized carbons (Fsp3) is 0.909. The maximum Gasteiger partial charge on any atom is 0.106 e. The van der Waals surface area contributed by atoms with Crippen LogP contribution in [0, 0.1) is 10.8 Å². The molecule has 0 aliphatic rings. The van der Waals surface area contributed by atoms with Crippen LogP contribution in [0.4, 0.5) is 0 Å². The fourth-order valence-electron chi connectivity index (χ4n) is 6.16. The molecule has 0 spiro atoms. The number of aliphatic hydroxyl groups is 6. The van der Waals surface area contributed by atoms with E-state index in [4.69, 9.17) is 48.5 Å². The van der Waals surface area contributed by atoms with E-state index in [1.807, 2.05) is 27.2 Å². The first-order valence-corrected chi connectivity index (χ1v) is 24.6. The zero-order valence-electron chi connectivity index (χ0n) is 39.4. The van der Waals surface area contributed by atoms with E-state index in [2.05, 4.69) is 13.8 Å². The summed E-state index contributed by atoms with van der Waals surface area (Å²) >= 11 is 0. The number of unbranched alkanes of at least 4 members (excludes halogenated alkanes) is 26. The van der Waals surface area contributed by atoms with E-state index in [-0.39, 0.29) is 60.7 Å². The summed E-state index contributed by atoms with van der Waals surface area (Å²) in [7, 11) is -6.74. The Labute approximate surface area is 400 Å². The predicted octanol–water partition coefficient (Wildman–Crippen LogP) is 3.49. The monoisotopic (exact) mass is 1120 g/mol. The van der Waals surface area contributed by atoms with Crippen molar-refractivity contribution in [3.05, 3.63) is 0 Å². The molecular formula is C44H92O16P2W-6. The maximum absolute atomic E-state index is 9.26. The number of carbonyl (C=O) groups is 4. The molecule has 16 nitrogen and oxygen atoms in total. The van der Waals surface area contributed by atoms with Crippen LogP contribution >= 0.6 is 17.2 Å². The minimum atomic E-state index is -3.37. The Morgan fingerprint density at radius 2 is 0.413 bits per heavy atom. The van der Waals surface area contributed by atoms with Gasteiger partial charge in [0, 0.05) is 31.9 Å². The molecule has 0 aliphatic carbocycles. The quantitative estimate of drug-likeness (QED) is 0.0386. The van der Waals surface area contributed by atoms with E-state index in [1.165, 1.54) is 154 Å². The Kier molecular flexibility index (Phi) is 104.